The number of alkyl halides is 3. The van der Waals surface area contributed by atoms with E-state index in [-0.39, 0.29) is 40.1 Å². The molecule has 1 saturated heterocycles. The molecule has 184 valence electrons. The van der Waals surface area contributed by atoms with E-state index in [9.17, 15) is 22.4 Å². The van der Waals surface area contributed by atoms with Gasteiger partial charge in [0.2, 0.25) is 11.8 Å². The summed E-state index contributed by atoms with van der Waals surface area (Å²) in [6, 6.07) is 3.93. The summed E-state index contributed by atoms with van der Waals surface area (Å²) >= 11 is 5.62. The highest BCUT2D eigenvalue weighted by molar-refractivity contribution is 6.30. The van der Waals surface area contributed by atoms with Gasteiger partial charge in [-0.15, -0.1) is 23.4 Å². The Bertz CT molecular complexity index is 1070. The Kier molecular flexibility index (Phi) is 5.72. The minimum absolute atomic E-state index is 0.0325. The van der Waals surface area contributed by atoms with Crippen molar-refractivity contribution < 1.29 is 41.0 Å². The lowest BCUT2D eigenvalue weighted by Crippen LogP contribution is -2.77. The molecule has 1 amide bonds. The Balaban J connectivity index is 1.09. The van der Waals surface area contributed by atoms with Crippen molar-refractivity contribution in [3.8, 4) is 5.75 Å². The average molecular weight is 506 g/mol. The molecular weight excluding hydrogens is 486 g/mol. The van der Waals surface area contributed by atoms with Gasteiger partial charge < -0.3 is 19.2 Å². The topological polar surface area (TPSA) is 95.7 Å². The molecule has 8 nitrogen and oxygen atoms in total. The first-order valence-electron chi connectivity index (χ1n) is 10.6. The summed E-state index contributed by atoms with van der Waals surface area (Å²) in [5.41, 5.74) is -0.694. The summed E-state index contributed by atoms with van der Waals surface area (Å²) in [4.78, 5) is 12.3. The first kappa shape index (κ1) is 23.3. The molecule has 1 aromatic heterocycles. The Labute approximate surface area is 195 Å². The Hall–Kier alpha value is -2.44. The van der Waals surface area contributed by atoms with Crippen molar-refractivity contribution in [3.63, 3.8) is 0 Å². The number of nitrogens with zero attached hydrogens (tertiary/aromatic N) is 2. The highest BCUT2D eigenvalue weighted by Gasteiger charge is 2.71. The zero-order chi connectivity index (χ0) is 24.1. The smallest absolute Gasteiger partial charge is 0.484 e. The molecule has 6 rings (SSSR count). The third-order valence-electron chi connectivity index (χ3n) is 6.41. The molecule has 1 unspecified atom stereocenters. The van der Waals surface area contributed by atoms with Crippen LogP contribution in [-0.4, -0.2) is 47.3 Å². The second kappa shape index (κ2) is 8.35. The highest BCUT2D eigenvalue weighted by atomic mass is 35.5. The lowest BCUT2D eigenvalue weighted by Gasteiger charge is -2.68. The van der Waals surface area contributed by atoms with Crippen molar-refractivity contribution in [2.45, 2.75) is 61.6 Å². The minimum atomic E-state index is -4.70. The Morgan fingerprint density at radius 1 is 1.24 bits per heavy atom. The maximum atomic E-state index is 13.5. The number of rotatable bonds is 8. The van der Waals surface area contributed by atoms with Crippen molar-refractivity contribution in [3.05, 3.63) is 40.8 Å². The number of nitrogens with one attached hydrogen (secondary N) is 1. The van der Waals surface area contributed by atoms with Gasteiger partial charge >= 0.3 is 6.36 Å². The summed E-state index contributed by atoms with van der Waals surface area (Å²) in [6.07, 6.45) is -3.25. The summed E-state index contributed by atoms with van der Waals surface area (Å²) < 4.78 is 70.6. The number of amides is 1. The van der Waals surface area contributed by atoms with Gasteiger partial charge in [-0.2, -0.15) is 0 Å². The lowest BCUT2D eigenvalue weighted by atomic mass is 9.39. The van der Waals surface area contributed by atoms with E-state index < -0.39 is 31.0 Å². The summed E-state index contributed by atoms with van der Waals surface area (Å²) in [7, 11) is 0. The number of halogens is 5. The van der Waals surface area contributed by atoms with Gasteiger partial charge in [0.1, 0.15) is 17.7 Å². The molecule has 13 heteroatoms. The zero-order valence-electron chi connectivity index (χ0n) is 17.7. The van der Waals surface area contributed by atoms with Crippen LogP contribution in [0.5, 0.6) is 5.75 Å². The maximum Gasteiger partial charge on any atom is 0.522 e. The van der Waals surface area contributed by atoms with Crippen molar-refractivity contribution >= 4 is 17.5 Å². The molecule has 3 saturated carbocycles. The van der Waals surface area contributed by atoms with E-state index in [1.54, 1.807) is 0 Å². The van der Waals surface area contributed by atoms with Crippen molar-refractivity contribution in [2.75, 3.05) is 13.2 Å². The number of hydrogen-bond acceptors (Lipinski definition) is 7. The van der Waals surface area contributed by atoms with Crippen LogP contribution in [0.25, 0.3) is 0 Å². The van der Waals surface area contributed by atoms with Gasteiger partial charge in [0.05, 0.1) is 23.1 Å². The molecule has 0 spiro atoms. The fourth-order valence-corrected chi connectivity index (χ4v) is 5.09. The van der Waals surface area contributed by atoms with Crippen LogP contribution in [-0.2, 0) is 19.7 Å². The van der Waals surface area contributed by atoms with Crippen LogP contribution in [0.15, 0.2) is 22.6 Å². The molecule has 2 atom stereocenters. The van der Waals surface area contributed by atoms with Crippen molar-refractivity contribution in [2.24, 2.45) is 0 Å². The minimum Gasteiger partial charge on any atom is -0.484 e. The largest absolute Gasteiger partial charge is 0.522 e. The monoisotopic (exact) mass is 505 g/mol. The maximum absolute atomic E-state index is 13.5. The van der Waals surface area contributed by atoms with Crippen LogP contribution >= 0.6 is 11.6 Å². The molecule has 2 bridgehead atoms. The molecular formula is C21H20ClF4N3O5. The molecule has 4 aliphatic rings. The van der Waals surface area contributed by atoms with Gasteiger partial charge in [0.25, 0.3) is 5.91 Å². The molecule has 2 aromatic rings. The lowest BCUT2D eigenvalue weighted by molar-refractivity contribution is -0.331. The van der Waals surface area contributed by atoms with Crippen LogP contribution in [0.4, 0.5) is 17.6 Å². The molecule has 1 aliphatic heterocycles. The fourth-order valence-electron chi connectivity index (χ4n) is 4.97. The van der Waals surface area contributed by atoms with E-state index in [0.29, 0.717) is 38.0 Å². The third-order valence-corrected chi connectivity index (χ3v) is 6.71. The number of ether oxygens (including phenoxy) is 3. The summed E-state index contributed by atoms with van der Waals surface area (Å²) in [5, 5.41) is 11.0. The predicted octanol–water partition coefficient (Wildman–Crippen LogP) is 3.99. The molecule has 1 aromatic carbocycles. The normalized spacial score (nSPS) is 29.9. The number of aromatic nitrogens is 2. The second-order valence-electron chi connectivity index (χ2n) is 9.03. The first-order chi connectivity index (χ1) is 16.0. The van der Waals surface area contributed by atoms with Crippen LogP contribution in [0, 0.1) is 5.82 Å². The Morgan fingerprint density at radius 3 is 2.71 bits per heavy atom. The molecule has 4 fully saturated rings. The molecule has 34 heavy (non-hydrogen) atoms. The SMILES string of the molecule is O=C(COc1ccc(Cl)c(F)c1)NC12CC(c3nnc(C4CC[C@H](COC(F)(F)F)O4)o3)(C1)C2. The van der Waals surface area contributed by atoms with Crippen LogP contribution in [0.3, 0.4) is 0 Å². The number of carbonyl (C=O) groups is 1. The van der Waals surface area contributed by atoms with E-state index in [1.165, 1.54) is 12.1 Å². The number of carbonyl (C=O) groups excluding carboxylic acids is 1. The van der Waals surface area contributed by atoms with Crippen molar-refractivity contribution in [1.82, 2.24) is 15.5 Å². The number of benzene rings is 1. The molecule has 3 aliphatic carbocycles. The van der Waals surface area contributed by atoms with E-state index in [4.69, 9.17) is 25.5 Å². The van der Waals surface area contributed by atoms with Gasteiger partial charge in [-0.25, -0.2) is 4.39 Å². The van der Waals surface area contributed by atoms with Crippen molar-refractivity contribution in [1.29, 1.82) is 0 Å². The van der Waals surface area contributed by atoms with Crippen LogP contribution < -0.4 is 10.1 Å². The average Bonchev–Trinajstić information content (AvgIpc) is 3.38. The van der Waals surface area contributed by atoms with Gasteiger partial charge in [-0.05, 0) is 44.2 Å². The summed E-state index contributed by atoms with van der Waals surface area (Å²) in [6.45, 7) is -0.845. The predicted molar refractivity (Wildman–Crippen MR) is 106 cm³/mol. The molecule has 0 radical (unpaired) electrons. The second-order valence-corrected chi connectivity index (χ2v) is 9.44. The zero-order valence-corrected chi connectivity index (χ0v) is 18.4. The van der Waals surface area contributed by atoms with Gasteiger partial charge in [-0.3, -0.25) is 9.53 Å². The number of hydrogen-bond donors (Lipinski definition) is 1. The van der Waals surface area contributed by atoms with Gasteiger partial charge in [0.15, 0.2) is 6.61 Å². The van der Waals surface area contributed by atoms with Gasteiger partial charge in [0, 0.05) is 11.6 Å². The van der Waals surface area contributed by atoms with Gasteiger partial charge in [-0.1, -0.05) is 11.6 Å². The molecule has 1 N–H and O–H groups in total. The first-order valence-corrected chi connectivity index (χ1v) is 11.0. The highest BCUT2D eigenvalue weighted by Crippen LogP contribution is 2.67. The Morgan fingerprint density at radius 2 is 2.00 bits per heavy atom. The van der Waals surface area contributed by atoms with E-state index in [0.717, 1.165) is 6.07 Å². The van der Waals surface area contributed by atoms with E-state index >= 15 is 0 Å². The summed E-state index contributed by atoms with van der Waals surface area (Å²) in [5.74, 6) is -0.0961. The van der Waals surface area contributed by atoms with E-state index in [1.807, 2.05) is 0 Å². The van der Waals surface area contributed by atoms with Crippen LogP contribution in [0.1, 0.15) is 50.0 Å². The van der Waals surface area contributed by atoms with Crippen LogP contribution in [0.2, 0.25) is 5.02 Å². The molecule has 2 heterocycles. The van der Waals surface area contributed by atoms with E-state index in [2.05, 4.69) is 20.3 Å². The standard InChI is InChI=1S/C21H20ClF4N3O5/c22-13-3-1-11(5-14(13)23)31-7-16(30)27-20-8-19(9-20,10-20)18-29-28-17(34-18)15-4-2-12(33-15)6-32-21(24,25)26/h1,3,5,12,15H,2,4,6-10H2,(H,27,30)/t12-,15?,19?,20?/m1/s1. The third kappa shape index (κ3) is 4.58. The quantitative estimate of drug-likeness (QED) is 0.542. The fraction of sp³-hybridized carbons (Fsp3) is 0.571.